The summed E-state index contributed by atoms with van der Waals surface area (Å²) in [7, 11) is -3.57. The maximum absolute atomic E-state index is 12.9. The standard InChI is InChI=1S/C19H24N2O4S/c1-15-7-8-16(19(22)20-10-9-17-6-5-13-25-17)14-18(15)26(23,24)21-11-3-2-4-12-21/h5-8,13-14H,2-4,9-12H2,1H3,(H,20,22). The van der Waals surface area contributed by atoms with Crippen molar-refractivity contribution in [1.29, 1.82) is 0 Å². The number of carbonyl (C=O) groups excluding carboxylic acids is 1. The van der Waals surface area contributed by atoms with Crippen molar-refractivity contribution in [1.82, 2.24) is 9.62 Å². The summed E-state index contributed by atoms with van der Waals surface area (Å²) in [6, 6.07) is 8.49. The lowest BCUT2D eigenvalue weighted by atomic mass is 10.1. The number of rotatable bonds is 6. The Bertz CT molecular complexity index is 854. The Labute approximate surface area is 154 Å². The zero-order valence-corrected chi connectivity index (χ0v) is 15.7. The van der Waals surface area contributed by atoms with Crippen LogP contribution in [0.5, 0.6) is 0 Å². The smallest absolute Gasteiger partial charge is 0.251 e. The molecule has 0 saturated carbocycles. The molecule has 1 aliphatic heterocycles. The average molecular weight is 376 g/mol. The summed E-state index contributed by atoms with van der Waals surface area (Å²) in [5.41, 5.74) is 1.01. The van der Waals surface area contributed by atoms with Gasteiger partial charge in [0.2, 0.25) is 10.0 Å². The summed E-state index contributed by atoms with van der Waals surface area (Å²) in [6.45, 7) is 3.27. The summed E-state index contributed by atoms with van der Waals surface area (Å²) in [5.74, 6) is 0.509. The number of hydrogen-bond acceptors (Lipinski definition) is 4. The van der Waals surface area contributed by atoms with Crippen LogP contribution in [0.4, 0.5) is 0 Å². The Kier molecular flexibility index (Phi) is 5.78. The van der Waals surface area contributed by atoms with Crippen LogP contribution in [0.25, 0.3) is 0 Å². The molecule has 7 heteroatoms. The topological polar surface area (TPSA) is 79.6 Å². The lowest BCUT2D eigenvalue weighted by molar-refractivity contribution is 0.0953. The van der Waals surface area contributed by atoms with Gasteiger partial charge in [-0.1, -0.05) is 12.5 Å². The third-order valence-electron chi connectivity index (χ3n) is 4.62. The molecule has 1 aromatic carbocycles. The molecule has 26 heavy (non-hydrogen) atoms. The molecule has 1 aromatic heterocycles. The highest BCUT2D eigenvalue weighted by molar-refractivity contribution is 7.89. The van der Waals surface area contributed by atoms with Gasteiger partial charge in [-0.15, -0.1) is 0 Å². The first-order valence-electron chi connectivity index (χ1n) is 8.90. The molecule has 0 spiro atoms. The van der Waals surface area contributed by atoms with Crippen LogP contribution >= 0.6 is 0 Å². The van der Waals surface area contributed by atoms with Crippen molar-refractivity contribution in [2.24, 2.45) is 0 Å². The number of sulfonamides is 1. The van der Waals surface area contributed by atoms with Crippen LogP contribution in [0.2, 0.25) is 0 Å². The average Bonchev–Trinajstić information content (AvgIpc) is 3.16. The molecule has 2 aromatic rings. The number of furan rings is 1. The van der Waals surface area contributed by atoms with E-state index in [9.17, 15) is 13.2 Å². The lowest BCUT2D eigenvalue weighted by Gasteiger charge is -2.26. The Morgan fingerprint density at radius 1 is 1.19 bits per heavy atom. The predicted molar refractivity (Wildman–Crippen MR) is 98.5 cm³/mol. The summed E-state index contributed by atoms with van der Waals surface area (Å²) < 4.78 is 32.6. The van der Waals surface area contributed by atoms with Crippen molar-refractivity contribution >= 4 is 15.9 Å². The predicted octanol–water partition coefficient (Wildman–Crippen LogP) is 2.74. The molecule has 6 nitrogen and oxygen atoms in total. The number of amides is 1. The minimum absolute atomic E-state index is 0.220. The minimum atomic E-state index is -3.57. The van der Waals surface area contributed by atoms with E-state index in [1.807, 2.05) is 6.07 Å². The van der Waals surface area contributed by atoms with Gasteiger partial charge < -0.3 is 9.73 Å². The number of nitrogens with zero attached hydrogens (tertiary/aromatic N) is 1. The van der Waals surface area contributed by atoms with Crippen LogP contribution < -0.4 is 5.32 Å². The summed E-state index contributed by atoms with van der Waals surface area (Å²) in [4.78, 5) is 12.6. The third-order valence-corrected chi connectivity index (χ3v) is 6.66. The molecular weight excluding hydrogens is 352 g/mol. The van der Waals surface area contributed by atoms with E-state index in [2.05, 4.69) is 5.32 Å². The molecule has 0 aliphatic carbocycles. The van der Waals surface area contributed by atoms with Crippen LogP contribution in [0, 0.1) is 6.92 Å². The van der Waals surface area contributed by atoms with Gasteiger partial charge in [0.25, 0.3) is 5.91 Å². The van der Waals surface area contributed by atoms with E-state index in [-0.39, 0.29) is 10.8 Å². The molecule has 1 aliphatic rings. The number of aryl methyl sites for hydroxylation is 1. The van der Waals surface area contributed by atoms with E-state index in [1.165, 1.54) is 10.4 Å². The highest BCUT2D eigenvalue weighted by Crippen LogP contribution is 2.24. The monoisotopic (exact) mass is 376 g/mol. The lowest BCUT2D eigenvalue weighted by Crippen LogP contribution is -2.36. The van der Waals surface area contributed by atoms with Crippen molar-refractivity contribution < 1.29 is 17.6 Å². The van der Waals surface area contributed by atoms with Crippen LogP contribution in [-0.4, -0.2) is 38.3 Å². The van der Waals surface area contributed by atoms with Gasteiger partial charge in [0.1, 0.15) is 5.76 Å². The zero-order chi connectivity index (χ0) is 18.6. The zero-order valence-electron chi connectivity index (χ0n) is 14.9. The first kappa shape index (κ1) is 18.7. The summed E-state index contributed by atoms with van der Waals surface area (Å²) in [5, 5.41) is 2.81. The van der Waals surface area contributed by atoms with Crippen molar-refractivity contribution in [2.75, 3.05) is 19.6 Å². The normalized spacial score (nSPS) is 15.7. The van der Waals surface area contributed by atoms with Gasteiger partial charge in [-0.3, -0.25) is 4.79 Å². The Hall–Kier alpha value is -2.12. The van der Waals surface area contributed by atoms with Crippen molar-refractivity contribution in [3.05, 3.63) is 53.5 Å². The fourth-order valence-electron chi connectivity index (χ4n) is 3.12. The second kappa shape index (κ2) is 8.05. The van der Waals surface area contributed by atoms with E-state index in [0.717, 1.165) is 25.0 Å². The number of piperidine rings is 1. The Balaban J connectivity index is 1.73. The van der Waals surface area contributed by atoms with E-state index in [0.29, 0.717) is 37.2 Å². The van der Waals surface area contributed by atoms with Crippen molar-refractivity contribution in [2.45, 2.75) is 37.5 Å². The second-order valence-corrected chi connectivity index (χ2v) is 8.44. The largest absolute Gasteiger partial charge is 0.469 e. The molecule has 3 rings (SSSR count). The van der Waals surface area contributed by atoms with Crippen LogP contribution in [0.15, 0.2) is 45.9 Å². The second-order valence-electron chi connectivity index (χ2n) is 6.53. The van der Waals surface area contributed by atoms with Crippen molar-refractivity contribution in [3.63, 3.8) is 0 Å². The Morgan fingerprint density at radius 2 is 1.96 bits per heavy atom. The van der Waals surface area contributed by atoms with Gasteiger partial charge in [-0.25, -0.2) is 8.42 Å². The number of carbonyl (C=O) groups is 1. The van der Waals surface area contributed by atoms with Gasteiger partial charge in [0.15, 0.2) is 0 Å². The molecule has 0 bridgehead atoms. The van der Waals surface area contributed by atoms with Crippen molar-refractivity contribution in [3.8, 4) is 0 Å². The summed E-state index contributed by atoms with van der Waals surface area (Å²) >= 11 is 0. The molecule has 2 heterocycles. The van der Waals surface area contributed by atoms with E-state index < -0.39 is 10.0 Å². The molecule has 1 fully saturated rings. The fraction of sp³-hybridized carbons (Fsp3) is 0.421. The molecule has 0 atom stereocenters. The number of nitrogens with one attached hydrogen (secondary N) is 1. The number of hydrogen-bond donors (Lipinski definition) is 1. The molecule has 0 unspecified atom stereocenters. The van der Waals surface area contributed by atoms with Gasteiger partial charge in [-0.2, -0.15) is 4.31 Å². The number of benzene rings is 1. The van der Waals surface area contributed by atoms with Crippen LogP contribution in [-0.2, 0) is 16.4 Å². The molecular formula is C19H24N2O4S. The molecule has 1 amide bonds. The van der Waals surface area contributed by atoms with E-state index >= 15 is 0 Å². The SMILES string of the molecule is Cc1ccc(C(=O)NCCc2ccco2)cc1S(=O)(=O)N1CCCCC1. The molecule has 140 valence electrons. The highest BCUT2D eigenvalue weighted by atomic mass is 32.2. The molecule has 1 N–H and O–H groups in total. The maximum atomic E-state index is 12.9. The van der Waals surface area contributed by atoms with Gasteiger partial charge in [0, 0.05) is 31.6 Å². The first-order valence-corrected chi connectivity index (χ1v) is 10.3. The maximum Gasteiger partial charge on any atom is 0.251 e. The van der Waals surface area contributed by atoms with Gasteiger partial charge in [0.05, 0.1) is 11.2 Å². The van der Waals surface area contributed by atoms with E-state index in [1.54, 1.807) is 31.4 Å². The van der Waals surface area contributed by atoms with Crippen LogP contribution in [0.3, 0.4) is 0 Å². The fourth-order valence-corrected chi connectivity index (χ4v) is 4.89. The molecule has 0 radical (unpaired) electrons. The quantitative estimate of drug-likeness (QED) is 0.841. The third kappa shape index (κ3) is 4.16. The van der Waals surface area contributed by atoms with Gasteiger partial charge in [-0.05, 0) is 49.6 Å². The Morgan fingerprint density at radius 3 is 2.65 bits per heavy atom. The van der Waals surface area contributed by atoms with Crippen LogP contribution in [0.1, 0.15) is 40.9 Å². The molecule has 1 saturated heterocycles. The highest BCUT2D eigenvalue weighted by Gasteiger charge is 2.28. The minimum Gasteiger partial charge on any atom is -0.469 e. The summed E-state index contributed by atoms with van der Waals surface area (Å²) in [6.07, 6.45) is 5.00. The van der Waals surface area contributed by atoms with Gasteiger partial charge >= 0.3 is 0 Å². The first-order chi connectivity index (χ1) is 12.5. The van der Waals surface area contributed by atoms with E-state index in [4.69, 9.17) is 4.42 Å².